The van der Waals surface area contributed by atoms with Crippen molar-refractivity contribution in [2.45, 2.75) is 33.1 Å². The van der Waals surface area contributed by atoms with E-state index in [0.717, 1.165) is 31.6 Å². The van der Waals surface area contributed by atoms with Crippen LogP contribution in [0.25, 0.3) is 0 Å². The monoisotopic (exact) mass is 299 g/mol. The van der Waals surface area contributed by atoms with Crippen LogP contribution < -0.4 is 0 Å². The van der Waals surface area contributed by atoms with E-state index in [1.807, 2.05) is 43.1 Å². The van der Waals surface area contributed by atoms with Crippen molar-refractivity contribution in [3.63, 3.8) is 0 Å². The van der Waals surface area contributed by atoms with Gasteiger partial charge in [0.05, 0.1) is 5.69 Å². The predicted molar refractivity (Wildman–Crippen MR) is 82.6 cm³/mol. The SMILES string of the molecule is CCc1nc(C)c(C(=O)N2CCC(Cc3ccccn3)C2)o1. The third kappa shape index (κ3) is 3.03. The van der Waals surface area contributed by atoms with Crippen molar-refractivity contribution >= 4 is 5.91 Å². The summed E-state index contributed by atoms with van der Waals surface area (Å²) in [6.45, 7) is 5.34. The molecule has 1 atom stereocenters. The first kappa shape index (κ1) is 14.8. The average Bonchev–Trinajstić information content (AvgIpc) is 3.14. The molecule has 0 saturated carbocycles. The summed E-state index contributed by atoms with van der Waals surface area (Å²) in [5.41, 5.74) is 1.78. The number of carbonyl (C=O) groups excluding carboxylic acids is 1. The molecule has 116 valence electrons. The van der Waals surface area contributed by atoms with Crippen LogP contribution in [0.5, 0.6) is 0 Å². The van der Waals surface area contributed by atoms with Gasteiger partial charge in [0.1, 0.15) is 0 Å². The molecule has 2 aromatic rings. The molecule has 1 fully saturated rings. The maximum atomic E-state index is 12.6. The number of oxazole rings is 1. The van der Waals surface area contributed by atoms with Gasteiger partial charge >= 0.3 is 0 Å². The van der Waals surface area contributed by atoms with E-state index in [9.17, 15) is 4.79 Å². The van der Waals surface area contributed by atoms with E-state index < -0.39 is 0 Å². The number of likely N-dealkylation sites (tertiary alicyclic amines) is 1. The molecule has 22 heavy (non-hydrogen) atoms. The highest BCUT2D eigenvalue weighted by molar-refractivity contribution is 5.92. The Balaban J connectivity index is 1.64. The fourth-order valence-corrected chi connectivity index (χ4v) is 2.94. The maximum Gasteiger partial charge on any atom is 0.291 e. The number of aryl methyl sites for hydroxylation is 2. The van der Waals surface area contributed by atoms with Gasteiger partial charge in [0, 0.05) is 31.4 Å². The normalized spacial score (nSPS) is 17.9. The molecule has 0 aromatic carbocycles. The minimum absolute atomic E-state index is 0.0341. The first-order valence-corrected chi connectivity index (χ1v) is 7.83. The highest BCUT2D eigenvalue weighted by Crippen LogP contribution is 2.23. The molecule has 5 nitrogen and oxygen atoms in total. The van der Waals surface area contributed by atoms with Crippen LogP contribution in [0, 0.1) is 12.8 Å². The van der Waals surface area contributed by atoms with Gasteiger partial charge in [-0.25, -0.2) is 4.98 Å². The summed E-state index contributed by atoms with van der Waals surface area (Å²) in [4.78, 5) is 23.1. The van der Waals surface area contributed by atoms with Crippen LogP contribution in [0.3, 0.4) is 0 Å². The highest BCUT2D eigenvalue weighted by Gasteiger charge is 2.30. The minimum Gasteiger partial charge on any atom is -0.435 e. The second-order valence-electron chi connectivity index (χ2n) is 5.81. The summed E-state index contributed by atoms with van der Waals surface area (Å²) in [5, 5.41) is 0. The number of hydrogen-bond acceptors (Lipinski definition) is 4. The molecule has 1 aliphatic rings. The van der Waals surface area contributed by atoms with E-state index in [1.54, 1.807) is 0 Å². The van der Waals surface area contributed by atoms with Gasteiger partial charge in [-0.05, 0) is 37.8 Å². The Hall–Kier alpha value is -2.17. The van der Waals surface area contributed by atoms with Crippen LogP contribution in [-0.2, 0) is 12.8 Å². The van der Waals surface area contributed by atoms with Crippen LogP contribution >= 0.6 is 0 Å². The van der Waals surface area contributed by atoms with Crippen molar-refractivity contribution in [3.8, 4) is 0 Å². The summed E-state index contributed by atoms with van der Waals surface area (Å²) in [6, 6.07) is 5.97. The lowest BCUT2D eigenvalue weighted by Crippen LogP contribution is -2.29. The van der Waals surface area contributed by atoms with Crippen molar-refractivity contribution < 1.29 is 9.21 Å². The van der Waals surface area contributed by atoms with Crippen LogP contribution in [0.4, 0.5) is 0 Å². The molecule has 0 aliphatic carbocycles. The average molecular weight is 299 g/mol. The Kier molecular flexibility index (Phi) is 4.22. The molecule has 3 rings (SSSR count). The van der Waals surface area contributed by atoms with Crippen molar-refractivity contribution in [3.05, 3.63) is 47.4 Å². The second-order valence-corrected chi connectivity index (χ2v) is 5.81. The van der Waals surface area contributed by atoms with E-state index in [2.05, 4.69) is 9.97 Å². The van der Waals surface area contributed by atoms with Crippen LogP contribution in [0.2, 0.25) is 0 Å². The summed E-state index contributed by atoms with van der Waals surface area (Å²) >= 11 is 0. The number of aromatic nitrogens is 2. The number of nitrogens with zero attached hydrogens (tertiary/aromatic N) is 3. The van der Waals surface area contributed by atoms with E-state index in [1.165, 1.54) is 0 Å². The number of amides is 1. The van der Waals surface area contributed by atoms with E-state index in [0.29, 0.717) is 29.7 Å². The molecule has 1 amide bonds. The van der Waals surface area contributed by atoms with E-state index in [-0.39, 0.29) is 5.91 Å². The first-order chi connectivity index (χ1) is 10.7. The third-order valence-corrected chi connectivity index (χ3v) is 4.13. The molecule has 0 spiro atoms. The Labute approximate surface area is 130 Å². The maximum absolute atomic E-state index is 12.6. The molecule has 0 bridgehead atoms. The third-order valence-electron chi connectivity index (χ3n) is 4.13. The number of carbonyl (C=O) groups is 1. The topological polar surface area (TPSA) is 59.2 Å². The fourth-order valence-electron chi connectivity index (χ4n) is 2.94. The number of rotatable bonds is 4. The Bertz CT molecular complexity index is 651. The zero-order chi connectivity index (χ0) is 15.5. The molecule has 1 saturated heterocycles. The van der Waals surface area contributed by atoms with Gasteiger partial charge in [0.2, 0.25) is 5.76 Å². The van der Waals surface area contributed by atoms with Gasteiger partial charge in [0.15, 0.2) is 5.89 Å². The standard InChI is InChI=1S/C17H21N3O2/c1-3-15-19-12(2)16(22-15)17(21)20-9-7-13(11-20)10-14-6-4-5-8-18-14/h4-6,8,13H,3,7,9-11H2,1-2H3. The summed E-state index contributed by atoms with van der Waals surface area (Å²) in [7, 11) is 0. The minimum atomic E-state index is -0.0341. The largest absolute Gasteiger partial charge is 0.435 e. The van der Waals surface area contributed by atoms with Crippen molar-refractivity contribution in [1.29, 1.82) is 0 Å². The fraction of sp³-hybridized carbons (Fsp3) is 0.471. The van der Waals surface area contributed by atoms with Gasteiger partial charge in [-0.15, -0.1) is 0 Å². The van der Waals surface area contributed by atoms with Gasteiger partial charge in [-0.2, -0.15) is 0 Å². The van der Waals surface area contributed by atoms with Gasteiger partial charge < -0.3 is 9.32 Å². The smallest absolute Gasteiger partial charge is 0.291 e. The van der Waals surface area contributed by atoms with Crippen LogP contribution in [-0.4, -0.2) is 33.9 Å². The van der Waals surface area contributed by atoms with E-state index >= 15 is 0 Å². The van der Waals surface area contributed by atoms with Crippen molar-refractivity contribution in [2.75, 3.05) is 13.1 Å². The molecule has 1 aliphatic heterocycles. The summed E-state index contributed by atoms with van der Waals surface area (Å²) < 4.78 is 5.58. The van der Waals surface area contributed by atoms with Gasteiger partial charge in [0.25, 0.3) is 5.91 Å². The molecule has 3 heterocycles. The number of hydrogen-bond donors (Lipinski definition) is 0. The highest BCUT2D eigenvalue weighted by atomic mass is 16.4. The molecule has 2 aromatic heterocycles. The molecular formula is C17H21N3O2. The zero-order valence-electron chi connectivity index (χ0n) is 13.1. The molecule has 0 radical (unpaired) electrons. The molecule has 1 unspecified atom stereocenters. The van der Waals surface area contributed by atoms with Crippen molar-refractivity contribution in [1.82, 2.24) is 14.9 Å². The van der Waals surface area contributed by atoms with Gasteiger partial charge in [-0.1, -0.05) is 13.0 Å². The van der Waals surface area contributed by atoms with Gasteiger partial charge in [-0.3, -0.25) is 9.78 Å². The predicted octanol–water partition coefficient (Wildman–Crippen LogP) is 2.65. The zero-order valence-corrected chi connectivity index (χ0v) is 13.1. The Morgan fingerprint density at radius 3 is 3.00 bits per heavy atom. The lowest BCUT2D eigenvalue weighted by atomic mass is 10.0. The van der Waals surface area contributed by atoms with Crippen LogP contribution in [0.15, 0.2) is 28.8 Å². The number of pyridine rings is 1. The van der Waals surface area contributed by atoms with Crippen LogP contribution in [0.1, 0.15) is 41.2 Å². The van der Waals surface area contributed by atoms with Crippen molar-refractivity contribution in [2.24, 2.45) is 5.92 Å². The Morgan fingerprint density at radius 1 is 1.45 bits per heavy atom. The molecular weight excluding hydrogens is 278 g/mol. The lowest BCUT2D eigenvalue weighted by molar-refractivity contribution is 0.0752. The lowest BCUT2D eigenvalue weighted by Gasteiger charge is -2.15. The molecule has 0 N–H and O–H groups in total. The van der Waals surface area contributed by atoms with E-state index in [4.69, 9.17) is 4.42 Å². The second kappa shape index (κ2) is 6.30. The first-order valence-electron chi connectivity index (χ1n) is 7.83. The quantitative estimate of drug-likeness (QED) is 0.871. The molecule has 5 heteroatoms. The summed E-state index contributed by atoms with van der Waals surface area (Å²) in [5.74, 6) is 1.46. The Morgan fingerprint density at radius 2 is 2.32 bits per heavy atom. The summed E-state index contributed by atoms with van der Waals surface area (Å²) in [6.07, 6.45) is 4.45.